The molecule has 0 N–H and O–H groups in total. The Hall–Kier alpha value is -3.27. The summed E-state index contributed by atoms with van der Waals surface area (Å²) < 4.78 is 6.72. The lowest BCUT2D eigenvalue weighted by Gasteiger charge is -2.24. The molecule has 0 spiro atoms. The molecule has 0 fully saturated rings. The maximum atomic E-state index is 13.4. The number of nitro benzene ring substituents is 1. The van der Waals surface area contributed by atoms with Gasteiger partial charge in [-0.1, -0.05) is 46.7 Å². The summed E-state index contributed by atoms with van der Waals surface area (Å²) in [4.78, 5) is 41.5. The number of methoxy groups -OCH3 is 1. The lowest BCUT2D eigenvalue weighted by atomic mass is 9.95. The number of benzene rings is 2. The fourth-order valence-electron chi connectivity index (χ4n) is 3.56. The van der Waals surface area contributed by atoms with E-state index < -0.39 is 16.9 Å². The van der Waals surface area contributed by atoms with Crippen molar-refractivity contribution in [1.82, 2.24) is 4.57 Å². The Morgan fingerprint density at radius 2 is 1.94 bits per heavy atom. The molecule has 11 heteroatoms. The molecule has 3 aromatic rings. The van der Waals surface area contributed by atoms with Crippen molar-refractivity contribution in [3.63, 3.8) is 0 Å². The third-order valence-corrected chi connectivity index (χ3v) is 6.62. The number of carbonyl (C=O) groups excluding carboxylic acids is 1. The smallest absolute Gasteiger partial charge is 0.338 e. The van der Waals surface area contributed by atoms with E-state index in [1.165, 1.54) is 29.9 Å². The van der Waals surface area contributed by atoms with Gasteiger partial charge in [-0.2, -0.15) is 0 Å². The maximum absolute atomic E-state index is 13.4. The Morgan fingerprint density at radius 3 is 2.55 bits per heavy atom. The molecule has 0 bridgehead atoms. The fraction of sp³-hybridized carbons (Fsp3) is 0.136. The zero-order chi connectivity index (χ0) is 23.9. The molecule has 4 rings (SSSR count). The number of nitrogens with zero attached hydrogens (tertiary/aromatic N) is 3. The summed E-state index contributed by atoms with van der Waals surface area (Å²) in [6, 6.07) is 10.1. The van der Waals surface area contributed by atoms with E-state index in [1.807, 2.05) is 0 Å². The Kier molecular flexibility index (Phi) is 6.20. The van der Waals surface area contributed by atoms with Crippen LogP contribution in [0.4, 0.5) is 5.69 Å². The number of carbonyl (C=O) groups is 1. The second-order valence-electron chi connectivity index (χ2n) is 7.09. The fourth-order valence-corrected chi connectivity index (χ4v) is 4.99. The molecule has 0 saturated heterocycles. The summed E-state index contributed by atoms with van der Waals surface area (Å²) in [5.74, 6) is -0.664. The van der Waals surface area contributed by atoms with Gasteiger partial charge < -0.3 is 4.74 Å². The van der Waals surface area contributed by atoms with Crippen molar-refractivity contribution in [2.75, 3.05) is 7.11 Å². The molecule has 1 aromatic heterocycles. The number of aromatic nitrogens is 1. The van der Waals surface area contributed by atoms with Gasteiger partial charge in [0.05, 0.1) is 33.9 Å². The second kappa shape index (κ2) is 8.93. The van der Waals surface area contributed by atoms with Crippen LogP contribution in [-0.4, -0.2) is 22.6 Å². The summed E-state index contributed by atoms with van der Waals surface area (Å²) in [5.41, 5.74) is 1.05. The van der Waals surface area contributed by atoms with Crippen molar-refractivity contribution < 1.29 is 14.5 Å². The Balaban J connectivity index is 1.97. The lowest BCUT2D eigenvalue weighted by Crippen LogP contribution is -2.39. The summed E-state index contributed by atoms with van der Waals surface area (Å²) in [5, 5.41) is 11.6. The van der Waals surface area contributed by atoms with Crippen LogP contribution in [0, 0.1) is 10.1 Å². The van der Waals surface area contributed by atoms with Gasteiger partial charge in [-0.25, -0.2) is 9.79 Å². The number of rotatable bonds is 4. The van der Waals surface area contributed by atoms with Crippen LogP contribution in [0.3, 0.4) is 0 Å². The predicted molar refractivity (Wildman–Crippen MR) is 125 cm³/mol. The predicted octanol–water partition coefficient (Wildman–Crippen LogP) is 3.62. The highest BCUT2D eigenvalue weighted by Gasteiger charge is 2.33. The van der Waals surface area contributed by atoms with Gasteiger partial charge in [0.15, 0.2) is 4.80 Å². The normalized spacial score (nSPS) is 15.8. The van der Waals surface area contributed by atoms with Crippen molar-refractivity contribution >= 4 is 52.3 Å². The zero-order valence-electron chi connectivity index (χ0n) is 17.2. The first-order valence-corrected chi connectivity index (χ1v) is 11.1. The molecule has 1 aliphatic rings. The maximum Gasteiger partial charge on any atom is 0.338 e. The van der Waals surface area contributed by atoms with E-state index in [0.717, 1.165) is 16.9 Å². The minimum atomic E-state index is -0.917. The number of halogens is 2. The molecule has 2 aromatic carbocycles. The van der Waals surface area contributed by atoms with Gasteiger partial charge in [0.1, 0.15) is 5.02 Å². The Labute approximate surface area is 200 Å². The lowest BCUT2D eigenvalue weighted by molar-refractivity contribution is -0.384. The zero-order valence-corrected chi connectivity index (χ0v) is 19.6. The van der Waals surface area contributed by atoms with Gasteiger partial charge in [0.2, 0.25) is 0 Å². The van der Waals surface area contributed by atoms with E-state index >= 15 is 0 Å². The van der Waals surface area contributed by atoms with Gasteiger partial charge in [-0.3, -0.25) is 19.5 Å². The molecule has 1 aliphatic heterocycles. The van der Waals surface area contributed by atoms with Crippen LogP contribution in [0.5, 0.6) is 0 Å². The summed E-state index contributed by atoms with van der Waals surface area (Å²) >= 11 is 13.2. The summed E-state index contributed by atoms with van der Waals surface area (Å²) in [7, 11) is 1.23. The van der Waals surface area contributed by atoms with Crippen molar-refractivity contribution in [3.05, 3.63) is 105 Å². The van der Waals surface area contributed by atoms with Crippen LogP contribution in [0.15, 0.2) is 63.5 Å². The van der Waals surface area contributed by atoms with Crippen molar-refractivity contribution in [1.29, 1.82) is 0 Å². The van der Waals surface area contributed by atoms with Gasteiger partial charge in [-0.05, 0) is 48.4 Å². The van der Waals surface area contributed by atoms with Crippen molar-refractivity contribution in [3.8, 4) is 0 Å². The quantitative estimate of drug-likeness (QED) is 0.307. The third kappa shape index (κ3) is 4.22. The van der Waals surface area contributed by atoms with Crippen LogP contribution < -0.4 is 14.9 Å². The molecule has 0 saturated carbocycles. The highest BCUT2D eigenvalue weighted by Crippen LogP contribution is 2.34. The van der Waals surface area contributed by atoms with Gasteiger partial charge in [0.25, 0.3) is 11.2 Å². The largest absolute Gasteiger partial charge is 0.466 e. The minimum Gasteiger partial charge on any atom is -0.466 e. The molecule has 2 heterocycles. The van der Waals surface area contributed by atoms with E-state index in [4.69, 9.17) is 27.9 Å². The van der Waals surface area contributed by atoms with E-state index in [0.29, 0.717) is 25.6 Å². The number of fused-ring (bicyclic) bond motifs is 1. The number of allylic oxidation sites excluding steroid dienone is 1. The minimum absolute atomic E-state index is 0.111. The summed E-state index contributed by atoms with van der Waals surface area (Å²) in [6.07, 6.45) is 1.71. The molecule has 0 aliphatic carbocycles. The molecule has 33 heavy (non-hydrogen) atoms. The molecule has 1 unspecified atom stereocenters. The van der Waals surface area contributed by atoms with Crippen LogP contribution in [0.1, 0.15) is 24.1 Å². The average molecular weight is 504 g/mol. The highest BCUT2D eigenvalue weighted by atomic mass is 35.5. The second-order valence-corrected chi connectivity index (χ2v) is 8.95. The van der Waals surface area contributed by atoms with Gasteiger partial charge in [0, 0.05) is 11.1 Å². The number of hydrogen-bond donors (Lipinski definition) is 0. The van der Waals surface area contributed by atoms with E-state index in [1.54, 1.807) is 37.3 Å². The van der Waals surface area contributed by atoms with E-state index in [2.05, 4.69) is 4.99 Å². The molecule has 0 radical (unpaired) electrons. The standard InChI is InChI=1S/C22H15Cl2N3O5S/c1-11-18(21(29)32-2)19(13-5-8-16(27(30)31)15(24)10-13)26-20(28)17(33-22(26)25-11)9-12-3-6-14(23)7-4-12/h3-10,19H,1-2H3/b17-9+. The number of thiazole rings is 1. The first-order chi connectivity index (χ1) is 15.7. The Morgan fingerprint density at radius 1 is 1.24 bits per heavy atom. The molecular weight excluding hydrogens is 489 g/mol. The van der Waals surface area contributed by atoms with Crippen molar-refractivity contribution in [2.45, 2.75) is 13.0 Å². The third-order valence-electron chi connectivity index (χ3n) is 5.08. The van der Waals surface area contributed by atoms with Crippen LogP contribution in [0.25, 0.3) is 6.08 Å². The highest BCUT2D eigenvalue weighted by molar-refractivity contribution is 7.07. The van der Waals surface area contributed by atoms with Gasteiger partial charge >= 0.3 is 5.97 Å². The van der Waals surface area contributed by atoms with Crippen molar-refractivity contribution in [2.24, 2.45) is 4.99 Å². The molecule has 8 nitrogen and oxygen atoms in total. The van der Waals surface area contributed by atoms with Gasteiger partial charge in [-0.15, -0.1) is 0 Å². The SMILES string of the molecule is COC(=O)C1=C(C)N=c2s/c(=C/c3ccc(Cl)cc3)c(=O)n2C1c1ccc([N+](=O)[O-])c(Cl)c1. The number of esters is 1. The van der Waals surface area contributed by atoms with E-state index in [-0.39, 0.29) is 21.8 Å². The van der Waals surface area contributed by atoms with Crippen LogP contribution in [0.2, 0.25) is 10.0 Å². The molecule has 1 atom stereocenters. The van der Waals surface area contributed by atoms with Crippen LogP contribution in [-0.2, 0) is 9.53 Å². The Bertz CT molecular complexity index is 1510. The topological polar surface area (TPSA) is 104 Å². The van der Waals surface area contributed by atoms with Crippen LogP contribution >= 0.6 is 34.5 Å². The first kappa shape index (κ1) is 22.9. The number of nitro groups is 1. The van der Waals surface area contributed by atoms with E-state index in [9.17, 15) is 19.7 Å². The molecule has 0 amide bonds. The first-order valence-electron chi connectivity index (χ1n) is 9.51. The monoisotopic (exact) mass is 503 g/mol. The average Bonchev–Trinajstić information content (AvgIpc) is 3.08. The molecular formula is C22H15Cl2N3O5S. The summed E-state index contributed by atoms with van der Waals surface area (Å²) in [6.45, 7) is 1.64. The molecule has 168 valence electrons. The number of hydrogen-bond acceptors (Lipinski definition) is 7. The number of ether oxygens (including phenoxy) is 1.